The lowest BCUT2D eigenvalue weighted by Crippen LogP contribution is -2.41. The minimum atomic E-state index is 0.0128. The van der Waals surface area contributed by atoms with Gasteiger partial charge in [-0.1, -0.05) is 48.9 Å². The second-order valence-electron chi connectivity index (χ2n) is 5.64. The third-order valence-electron chi connectivity index (χ3n) is 3.78. The number of fused-ring (bicyclic) bond motifs is 1. The van der Waals surface area contributed by atoms with Gasteiger partial charge in [-0.2, -0.15) is 0 Å². The third kappa shape index (κ3) is 4.01. The molecular weight excluding hydrogens is 328 g/mol. The Kier molecular flexibility index (Phi) is 5.13. The number of nitrogens with zero attached hydrogens (tertiary/aromatic N) is 1. The highest BCUT2D eigenvalue weighted by atomic mass is 35.5. The van der Waals surface area contributed by atoms with Crippen molar-refractivity contribution in [3.05, 3.63) is 59.1 Å². The maximum absolute atomic E-state index is 12.3. The van der Waals surface area contributed by atoms with E-state index in [1.54, 1.807) is 0 Å². The van der Waals surface area contributed by atoms with E-state index in [0.29, 0.717) is 23.4 Å². The first kappa shape index (κ1) is 16.2. The lowest BCUT2D eigenvalue weighted by Gasteiger charge is -2.33. The molecule has 5 heteroatoms. The molecule has 2 aromatic carbocycles. The highest BCUT2D eigenvalue weighted by Gasteiger charge is 2.23. The molecule has 3 nitrogen and oxygen atoms in total. The Labute approximate surface area is 146 Å². The van der Waals surface area contributed by atoms with Crippen LogP contribution >= 0.6 is 23.4 Å². The van der Waals surface area contributed by atoms with Crippen molar-refractivity contribution >= 4 is 35.0 Å². The van der Waals surface area contributed by atoms with Gasteiger partial charge in [0.15, 0.2) is 0 Å². The zero-order valence-corrected chi connectivity index (χ0v) is 14.5. The van der Waals surface area contributed by atoms with Gasteiger partial charge in [0.2, 0.25) is 5.91 Å². The molecule has 2 aromatic rings. The molecule has 0 radical (unpaired) electrons. The van der Waals surface area contributed by atoms with Crippen molar-refractivity contribution in [2.24, 2.45) is 0 Å². The van der Waals surface area contributed by atoms with E-state index in [9.17, 15) is 4.79 Å². The standard InChI is InChI=1S/C18H19ClN2OS/c1-13-11-21(16-8-4-5-9-17(16)23-13)12-18(22)20-10-14-6-2-3-7-15(14)19/h2-9,13H,10-12H2,1H3,(H,20,22)/t13-/m1/s1. The molecule has 1 atom stereocenters. The smallest absolute Gasteiger partial charge is 0.239 e. The molecule has 3 rings (SSSR count). The third-order valence-corrected chi connectivity index (χ3v) is 5.30. The number of rotatable bonds is 4. The molecular formula is C18H19ClN2OS. The summed E-state index contributed by atoms with van der Waals surface area (Å²) in [7, 11) is 0. The van der Waals surface area contributed by atoms with Crippen LogP contribution < -0.4 is 10.2 Å². The van der Waals surface area contributed by atoms with E-state index in [4.69, 9.17) is 11.6 Å². The van der Waals surface area contributed by atoms with E-state index in [2.05, 4.69) is 29.3 Å². The number of hydrogen-bond donors (Lipinski definition) is 1. The molecule has 1 N–H and O–H groups in total. The van der Waals surface area contributed by atoms with Gasteiger partial charge in [-0.25, -0.2) is 0 Å². The maximum Gasteiger partial charge on any atom is 0.239 e. The normalized spacial score (nSPS) is 16.8. The van der Waals surface area contributed by atoms with Crippen molar-refractivity contribution in [3.63, 3.8) is 0 Å². The Balaban J connectivity index is 1.63. The van der Waals surface area contributed by atoms with E-state index in [-0.39, 0.29) is 5.91 Å². The second kappa shape index (κ2) is 7.28. The van der Waals surface area contributed by atoms with Crippen molar-refractivity contribution in [2.75, 3.05) is 18.0 Å². The van der Waals surface area contributed by atoms with Gasteiger partial charge in [-0.3, -0.25) is 4.79 Å². The molecule has 0 aromatic heterocycles. The maximum atomic E-state index is 12.3. The van der Waals surface area contributed by atoms with Gasteiger partial charge in [0.05, 0.1) is 12.2 Å². The topological polar surface area (TPSA) is 32.3 Å². The quantitative estimate of drug-likeness (QED) is 0.909. The number of carbonyl (C=O) groups excluding carboxylic acids is 1. The van der Waals surface area contributed by atoms with Crippen molar-refractivity contribution < 1.29 is 4.79 Å². The summed E-state index contributed by atoms with van der Waals surface area (Å²) >= 11 is 7.99. The molecule has 0 spiro atoms. The molecule has 0 unspecified atom stereocenters. The first-order chi connectivity index (χ1) is 11.1. The predicted molar refractivity (Wildman–Crippen MR) is 97.3 cm³/mol. The highest BCUT2D eigenvalue weighted by Crippen LogP contribution is 2.37. The molecule has 1 amide bonds. The van der Waals surface area contributed by atoms with Crippen molar-refractivity contribution in [1.82, 2.24) is 5.32 Å². The summed E-state index contributed by atoms with van der Waals surface area (Å²) in [5.41, 5.74) is 2.08. The average molecular weight is 347 g/mol. The van der Waals surface area contributed by atoms with E-state index < -0.39 is 0 Å². The average Bonchev–Trinajstić information content (AvgIpc) is 2.54. The fourth-order valence-electron chi connectivity index (χ4n) is 2.70. The lowest BCUT2D eigenvalue weighted by molar-refractivity contribution is -0.119. The van der Waals surface area contributed by atoms with Crippen LogP contribution in [0.1, 0.15) is 12.5 Å². The monoisotopic (exact) mass is 346 g/mol. The van der Waals surface area contributed by atoms with Gasteiger partial charge in [0, 0.05) is 28.3 Å². The second-order valence-corrected chi connectivity index (χ2v) is 7.53. The van der Waals surface area contributed by atoms with Crippen LogP contribution in [0.15, 0.2) is 53.4 Å². The van der Waals surface area contributed by atoms with Gasteiger partial charge < -0.3 is 10.2 Å². The SMILES string of the molecule is C[C@@H]1CN(CC(=O)NCc2ccccc2Cl)c2ccccc2S1. The zero-order valence-electron chi connectivity index (χ0n) is 13.0. The van der Waals surface area contributed by atoms with E-state index in [1.165, 1.54) is 4.90 Å². The number of anilines is 1. The first-order valence-electron chi connectivity index (χ1n) is 7.64. The number of nitrogens with one attached hydrogen (secondary N) is 1. The fraction of sp³-hybridized carbons (Fsp3) is 0.278. The van der Waals surface area contributed by atoms with Crippen LogP contribution in [-0.4, -0.2) is 24.2 Å². The summed E-state index contributed by atoms with van der Waals surface area (Å²) in [6.07, 6.45) is 0. The summed E-state index contributed by atoms with van der Waals surface area (Å²) in [5, 5.41) is 4.12. The minimum Gasteiger partial charge on any atom is -0.360 e. The number of carbonyl (C=O) groups is 1. The van der Waals surface area contributed by atoms with E-state index in [1.807, 2.05) is 48.2 Å². The molecule has 0 aliphatic carbocycles. The molecule has 1 aliphatic heterocycles. The van der Waals surface area contributed by atoms with Crippen molar-refractivity contribution in [2.45, 2.75) is 23.6 Å². The highest BCUT2D eigenvalue weighted by molar-refractivity contribution is 8.00. The predicted octanol–water partition coefficient (Wildman–Crippen LogP) is 3.96. The largest absolute Gasteiger partial charge is 0.360 e. The molecule has 1 heterocycles. The number of amides is 1. The Morgan fingerprint density at radius 1 is 1.26 bits per heavy atom. The van der Waals surface area contributed by atoms with Gasteiger partial charge >= 0.3 is 0 Å². The molecule has 0 saturated carbocycles. The van der Waals surface area contributed by atoms with Crippen LogP contribution in [0.25, 0.3) is 0 Å². The molecule has 23 heavy (non-hydrogen) atoms. The van der Waals surface area contributed by atoms with Crippen LogP contribution in [-0.2, 0) is 11.3 Å². The minimum absolute atomic E-state index is 0.0128. The lowest BCUT2D eigenvalue weighted by atomic mass is 10.2. The Morgan fingerprint density at radius 3 is 2.83 bits per heavy atom. The number of para-hydroxylation sites is 1. The fourth-order valence-corrected chi connectivity index (χ4v) is 4.06. The van der Waals surface area contributed by atoms with Gasteiger partial charge in [0.1, 0.15) is 0 Å². The first-order valence-corrected chi connectivity index (χ1v) is 8.90. The van der Waals surface area contributed by atoms with Crippen LogP contribution in [0.2, 0.25) is 5.02 Å². The molecule has 1 aliphatic rings. The van der Waals surface area contributed by atoms with Gasteiger partial charge in [-0.05, 0) is 23.8 Å². The Hall–Kier alpha value is -1.65. The van der Waals surface area contributed by atoms with Crippen LogP contribution in [0, 0.1) is 0 Å². The number of benzene rings is 2. The van der Waals surface area contributed by atoms with Crippen molar-refractivity contribution in [1.29, 1.82) is 0 Å². The Morgan fingerprint density at radius 2 is 2.00 bits per heavy atom. The number of hydrogen-bond acceptors (Lipinski definition) is 3. The number of thioether (sulfide) groups is 1. The van der Waals surface area contributed by atoms with E-state index in [0.717, 1.165) is 17.8 Å². The zero-order chi connectivity index (χ0) is 16.2. The summed E-state index contributed by atoms with van der Waals surface area (Å²) in [6.45, 7) is 3.89. The summed E-state index contributed by atoms with van der Waals surface area (Å²) in [6, 6.07) is 15.8. The van der Waals surface area contributed by atoms with Gasteiger partial charge in [0.25, 0.3) is 0 Å². The number of halogens is 1. The van der Waals surface area contributed by atoms with Gasteiger partial charge in [-0.15, -0.1) is 11.8 Å². The summed E-state index contributed by atoms with van der Waals surface area (Å²) in [4.78, 5) is 15.7. The van der Waals surface area contributed by atoms with Crippen molar-refractivity contribution in [3.8, 4) is 0 Å². The molecule has 0 bridgehead atoms. The molecule has 120 valence electrons. The summed E-state index contributed by atoms with van der Waals surface area (Å²) in [5.74, 6) is 0.0128. The van der Waals surface area contributed by atoms with Crippen LogP contribution in [0.5, 0.6) is 0 Å². The Bertz CT molecular complexity index is 707. The molecule has 0 saturated heterocycles. The summed E-state index contributed by atoms with van der Waals surface area (Å²) < 4.78 is 0. The van der Waals surface area contributed by atoms with Crippen LogP contribution in [0.3, 0.4) is 0 Å². The van der Waals surface area contributed by atoms with E-state index >= 15 is 0 Å². The molecule has 0 fully saturated rings. The van der Waals surface area contributed by atoms with Crippen LogP contribution in [0.4, 0.5) is 5.69 Å².